The summed E-state index contributed by atoms with van der Waals surface area (Å²) in [5, 5.41) is 9.81. The maximum absolute atomic E-state index is 12.8. The van der Waals surface area contributed by atoms with Crippen molar-refractivity contribution in [3.05, 3.63) is 70.9 Å². The Morgan fingerprint density at radius 2 is 1.80 bits per heavy atom. The number of hydrogen-bond donors (Lipinski definition) is 0. The van der Waals surface area contributed by atoms with Crippen molar-refractivity contribution in [3.63, 3.8) is 0 Å². The summed E-state index contributed by atoms with van der Waals surface area (Å²) >= 11 is 7.67. The minimum absolute atomic E-state index is 0.0463. The zero-order chi connectivity index (χ0) is 21.5. The fraction of sp³-hybridized carbons (Fsp3) is 0.261. The number of allylic oxidation sites excluding steroid dienone is 2. The van der Waals surface area contributed by atoms with Crippen LogP contribution in [0.3, 0.4) is 0 Å². The first-order valence-corrected chi connectivity index (χ1v) is 11.0. The molecule has 3 aromatic rings. The average Bonchev–Trinajstić information content (AvgIpc) is 3.18. The largest absolute Gasteiger partial charge is 0.347 e. The number of rotatable bonds is 5. The smallest absolute Gasteiger partial charge is 0.191 e. The Balaban J connectivity index is 1.51. The van der Waals surface area contributed by atoms with E-state index in [1.54, 1.807) is 6.08 Å². The van der Waals surface area contributed by atoms with E-state index in [4.69, 9.17) is 11.6 Å². The van der Waals surface area contributed by atoms with Gasteiger partial charge < -0.3 is 9.47 Å². The second kappa shape index (κ2) is 7.93. The van der Waals surface area contributed by atoms with Gasteiger partial charge in [-0.3, -0.25) is 4.79 Å². The van der Waals surface area contributed by atoms with Crippen molar-refractivity contribution in [2.24, 2.45) is 7.05 Å². The zero-order valence-corrected chi connectivity index (χ0v) is 19.0. The third kappa shape index (κ3) is 3.55. The van der Waals surface area contributed by atoms with Gasteiger partial charge in [0.25, 0.3) is 0 Å². The van der Waals surface area contributed by atoms with E-state index in [2.05, 4.69) is 41.1 Å². The standard InChI is InChI=1S/C23H23ClN4OS/c1-23(2)17-10-6-8-12-19(17)27(3)20(23)13-15(29)14-30-22-26-25-21(28(22)4)16-9-5-7-11-18(16)24/h5-13H,14H2,1-4H3/b20-13-. The van der Waals surface area contributed by atoms with E-state index in [0.717, 1.165) is 16.9 Å². The van der Waals surface area contributed by atoms with Gasteiger partial charge in [-0.2, -0.15) is 0 Å². The molecule has 30 heavy (non-hydrogen) atoms. The van der Waals surface area contributed by atoms with Crippen LogP contribution in [0.25, 0.3) is 11.4 Å². The average molecular weight is 439 g/mol. The van der Waals surface area contributed by atoms with Crippen molar-refractivity contribution < 1.29 is 4.79 Å². The summed E-state index contributed by atoms with van der Waals surface area (Å²) in [6.45, 7) is 4.31. The van der Waals surface area contributed by atoms with E-state index >= 15 is 0 Å². The molecule has 0 spiro atoms. The zero-order valence-electron chi connectivity index (χ0n) is 17.4. The van der Waals surface area contributed by atoms with Crippen LogP contribution >= 0.6 is 23.4 Å². The van der Waals surface area contributed by atoms with Crippen molar-refractivity contribution in [1.82, 2.24) is 14.8 Å². The molecular formula is C23H23ClN4OS. The molecule has 0 aliphatic carbocycles. The summed E-state index contributed by atoms with van der Waals surface area (Å²) in [6.07, 6.45) is 1.76. The highest BCUT2D eigenvalue weighted by atomic mass is 35.5. The third-order valence-corrected chi connectivity index (χ3v) is 6.90. The minimum Gasteiger partial charge on any atom is -0.347 e. The molecule has 7 heteroatoms. The normalized spacial score (nSPS) is 16.2. The molecule has 0 saturated carbocycles. The number of aromatic nitrogens is 3. The van der Waals surface area contributed by atoms with Crippen LogP contribution in [0, 0.1) is 0 Å². The number of hydrogen-bond acceptors (Lipinski definition) is 5. The van der Waals surface area contributed by atoms with Gasteiger partial charge in [-0.25, -0.2) is 0 Å². The van der Waals surface area contributed by atoms with Crippen molar-refractivity contribution in [2.75, 3.05) is 17.7 Å². The number of carbonyl (C=O) groups is 1. The molecule has 0 amide bonds. The Morgan fingerprint density at radius 3 is 2.53 bits per heavy atom. The molecule has 0 fully saturated rings. The summed E-state index contributed by atoms with van der Waals surface area (Å²) in [6, 6.07) is 15.8. The molecule has 0 unspecified atom stereocenters. The first-order chi connectivity index (χ1) is 14.3. The highest BCUT2D eigenvalue weighted by Crippen LogP contribution is 2.46. The summed E-state index contributed by atoms with van der Waals surface area (Å²) in [4.78, 5) is 14.9. The number of thioether (sulfide) groups is 1. The first-order valence-electron chi connectivity index (χ1n) is 9.66. The number of halogens is 1. The van der Waals surface area contributed by atoms with Gasteiger partial charge >= 0.3 is 0 Å². The van der Waals surface area contributed by atoms with Crippen molar-refractivity contribution in [3.8, 4) is 11.4 Å². The van der Waals surface area contributed by atoms with Gasteiger partial charge in [0.2, 0.25) is 0 Å². The summed E-state index contributed by atoms with van der Waals surface area (Å²) in [5.41, 5.74) is 3.99. The van der Waals surface area contributed by atoms with Crippen molar-refractivity contribution in [2.45, 2.75) is 24.4 Å². The number of anilines is 1. The van der Waals surface area contributed by atoms with E-state index in [0.29, 0.717) is 16.0 Å². The number of carbonyl (C=O) groups excluding carboxylic acids is 1. The van der Waals surface area contributed by atoms with E-state index in [9.17, 15) is 4.79 Å². The topological polar surface area (TPSA) is 51.0 Å². The molecule has 4 rings (SSSR count). The molecule has 1 aliphatic heterocycles. The Morgan fingerprint density at radius 1 is 1.10 bits per heavy atom. The fourth-order valence-electron chi connectivity index (χ4n) is 3.91. The van der Waals surface area contributed by atoms with E-state index in [1.165, 1.54) is 17.3 Å². The monoisotopic (exact) mass is 438 g/mol. The molecule has 5 nitrogen and oxygen atoms in total. The van der Waals surface area contributed by atoms with Crippen LogP contribution in [0.4, 0.5) is 5.69 Å². The van der Waals surface area contributed by atoms with E-state index in [-0.39, 0.29) is 17.0 Å². The van der Waals surface area contributed by atoms with Gasteiger partial charge in [0.05, 0.1) is 10.8 Å². The number of fused-ring (bicyclic) bond motifs is 1. The molecule has 2 heterocycles. The molecule has 154 valence electrons. The molecule has 0 saturated heterocycles. The number of likely N-dealkylation sites (N-methyl/N-ethyl adjacent to an activating group) is 1. The lowest BCUT2D eigenvalue weighted by Gasteiger charge is -2.23. The second-order valence-corrected chi connectivity index (χ2v) is 9.18. The van der Waals surface area contributed by atoms with Crippen molar-refractivity contribution in [1.29, 1.82) is 0 Å². The predicted octanol–water partition coefficient (Wildman–Crippen LogP) is 5.11. The molecule has 0 radical (unpaired) electrons. The Labute approximate surface area is 185 Å². The Kier molecular flexibility index (Phi) is 5.47. The van der Waals surface area contributed by atoms with Crippen LogP contribution in [0.5, 0.6) is 0 Å². The van der Waals surface area contributed by atoms with Gasteiger partial charge in [-0.1, -0.05) is 67.5 Å². The van der Waals surface area contributed by atoms with Crippen LogP contribution in [0.15, 0.2) is 65.5 Å². The number of para-hydroxylation sites is 1. The highest BCUT2D eigenvalue weighted by molar-refractivity contribution is 7.99. The molecule has 1 aromatic heterocycles. The number of ketones is 1. The quantitative estimate of drug-likeness (QED) is 0.409. The lowest BCUT2D eigenvalue weighted by atomic mass is 9.83. The minimum atomic E-state index is -0.215. The van der Waals surface area contributed by atoms with Crippen LogP contribution in [0.2, 0.25) is 5.02 Å². The lowest BCUT2D eigenvalue weighted by Crippen LogP contribution is -2.24. The summed E-state index contributed by atoms with van der Waals surface area (Å²) < 4.78 is 1.87. The lowest BCUT2D eigenvalue weighted by molar-refractivity contribution is -0.112. The third-order valence-electron chi connectivity index (χ3n) is 5.53. The molecule has 0 bridgehead atoms. The first kappa shape index (κ1) is 20.7. The number of benzene rings is 2. The van der Waals surface area contributed by atoms with Crippen LogP contribution in [-0.4, -0.2) is 33.3 Å². The van der Waals surface area contributed by atoms with Gasteiger partial charge in [0, 0.05) is 42.5 Å². The van der Waals surface area contributed by atoms with Gasteiger partial charge in [-0.15, -0.1) is 10.2 Å². The van der Waals surface area contributed by atoms with Crippen LogP contribution < -0.4 is 4.90 Å². The molecular weight excluding hydrogens is 416 g/mol. The van der Waals surface area contributed by atoms with Crippen molar-refractivity contribution >= 4 is 34.8 Å². The van der Waals surface area contributed by atoms with Gasteiger partial charge in [0.1, 0.15) is 0 Å². The van der Waals surface area contributed by atoms with Crippen LogP contribution in [-0.2, 0) is 17.3 Å². The Hall–Kier alpha value is -2.57. The molecule has 1 aliphatic rings. The van der Waals surface area contributed by atoms with Crippen LogP contribution in [0.1, 0.15) is 19.4 Å². The second-order valence-electron chi connectivity index (χ2n) is 7.83. The summed E-state index contributed by atoms with van der Waals surface area (Å²) in [5.74, 6) is 1.02. The maximum atomic E-state index is 12.8. The van der Waals surface area contributed by atoms with Gasteiger partial charge in [-0.05, 0) is 23.8 Å². The highest BCUT2D eigenvalue weighted by Gasteiger charge is 2.38. The molecule has 0 N–H and O–H groups in total. The van der Waals surface area contributed by atoms with E-state index < -0.39 is 0 Å². The molecule has 0 atom stereocenters. The fourth-order valence-corrected chi connectivity index (χ4v) is 4.86. The van der Waals surface area contributed by atoms with Gasteiger partial charge in [0.15, 0.2) is 16.8 Å². The summed E-state index contributed by atoms with van der Waals surface area (Å²) in [7, 11) is 3.90. The maximum Gasteiger partial charge on any atom is 0.191 e. The Bertz CT molecular complexity index is 1150. The number of nitrogens with zero attached hydrogens (tertiary/aromatic N) is 4. The SMILES string of the molecule is CN1/C(=C\C(=O)CSc2nnc(-c3ccccc3Cl)n2C)C(C)(C)c2ccccc21. The predicted molar refractivity (Wildman–Crippen MR) is 123 cm³/mol. The molecule has 2 aromatic carbocycles. The van der Waals surface area contributed by atoms with E-state index in [1.807, 2.05) is 55.1 Å².